The number of methoxy groups -OCH3 is 1. The van der Waals surface area contributed by atoms with Crippen LogP contribution in [0, 0.1) is 10.1 Å². The molecule has 1 aliphatic heterocycles. The highest BCUT2D eigenvalue weighted by atomic mass is 16.6. The van der Waals surface area contributed by atoms with Gasteiger partial charge in [0.2, 0.25) is 0 Å². The molecule has 1 aromatic carbocycles. The average molecular weight is 297 g/mol. The van der Waals surface area contributed by atoms with Crippen molar-refractivity contribution < 1.29 is 29.0 Å². The lowest BCUT2D eigenvalue weighted by Crippen LogP contribution is -2.23. The number of aliphatic carboxylic acids is 1. The molecule has 0 amide bonds. The number of rotatable bonds is 6. The van der Waals surface area contributed by atoms with Crippen LogP contribution in [0.5, 0.6) is 11.5 Å². The minimum absolute atomic E-state index is 0.110. The number of nitro benzene ring substituents is 1. The molecule has 0 aliphatic carbocycles. The molecule has 2 atom stereocenters. The van der Waals surface area contributed by atoms with Gasteiger partial charge in [-0.25, -0.2) is 4.79 Å². The third kappa shape index (κ3) is 3.60. The van der Waals surface area contributed by atoms with Gasteiger partial charge >= 0.3 is 5.97 Å². The summed E-state index contributed by atoms with van der Waals surface area (Å²) in [4.78, 5) is 21.0. The van der Waals surface area contributed by atoms with Gasteiger partial charge in [-0.1, -0.05) is 0 Å². The summed E-state index contributed by atoms with van der Waals surface area (Å²) in [7, 11) is 1.43. The van der Waals surface area contributed by atoms with Gasteiger partial charge in [-0.3, -0.25) is 10.1 Å². The lowest BCUT2D eigenvalue weighted by atomic mass is 10.2. The van der Waals surface area contributed by atoms with E-state index in [1.807, 2.05) is 0 Å². The van der Waals surface area contributed by atoms with Crippen molar-refractivity contribution in [1.29, 1.82) is 0 Å². The van der Waals surface area contributed by atoms with E-state index in [9.17, 15) is 14.9 Å². The monoisotopic (exact) mass is 297 g/mol. The van der Waals surface area contributed by atoms with Crippen LogP contribution in [-0.4, -0.2) is 41.9 Å². The zero-order chi connectivity index (χ0) is 15.4. The lowest BCUT2D eigenvalue weighted by molar-refractivity contribution is -0.385. The van der Waals surface area contributed by atoms with Crippen molar-refractivity contribution in [1.82, 2.24) is 0 Å². The number of carboxylic acid groups (broad SMARTS) is 1. The third-order valence-electron chi connectivity index (χ3n) is 3.17. The molecule has 21 heavy (non-hydrogen) atoms. The maximum atomic E-state index is 10.8. The maximum Gasteiger partial charge on any atom is 0.332 e. The summed E-state index contributed by atoms with van der Waals surface area (Å²) >= 11 is 0. The molecule has 1 aromatic rings. The molecule has 0 saturated carbocycles. The number of hydrogen-bond donors (Lipinski definition) is 1. The fourth-order valence-electron chi connectivity index (χ4n) is 2.08. The van der Waals surface area contributed by atoms with Gasteiger partial charge in [-0.15, -0.1) is 0 Å². The average Bonchev–Trinajstić information content (AvgIpc) is 2.93. The van der Waals surface area contributed by atoms with Crippen LogP contribution in [0.25, 0.3) is 0 Å². The van der Waals surface area contributed by atoms with Gasteiger partial charge in [0.05, 0.1) is 24.2 Å². The molecule has 0 bridgehead atoms. The van der Waals surface area contributed by atoms with E-state index in [-0.39, 0.29) is 24.1 Å². The molecule has 0 radical (unpaired) electrons. The Balaban J connectivity index is 2.01. The predicted octanol–water partition coefficient (Wildman–Crippen LogP) is 1.61. The van der Waals surface area contributed by atoms with E-state index in [0.29, 0.717) is 18.6 Å². The number of carboxylic acids is 1. The summed E-state index contributed by atoms with van der Waals surface area (Å²) in [6, 6.07) is 4.03. The van der Waals surface area contributed by atoms with Gasteiger partial charge in [0, 0.05) is 6.07 Å². The Bertz CT molecular complexity index is 545. The smallest absolute Gasteiger partial charge is 0.332 e. The lowest BCUT2D eigenvalue weighted by Gasteiger charge is -2.14. The van der Waals surface area contributed by atoms with Crippen LogP contribution in [-0.2, 0) is 9.53 Å². The fraction of sp³-hybridized carbons (Fsp3) is 0.462. The number of nitro groups is 1. The highest BCUT2D eigenvalue weighted by Crippen LogP contribution is 2.32. The minimum Gasteiger partial charge on any atom is -0.493 e. The van der Waals surface area contributed by atoms with Crippen LogP contribution in [0.2, 0.25) is 0 Å². The highest BCUT2D eigenvalue weighted by Gasteiger charge is 2.31. The second-order valence-electron chi connectivity index (χ2n) is 4.57. The molecule has 8 nitrogen and oxygen atoms in total. The molecule has 1 heterocycles. The Labute approximate surface area is 120 Å². The second kappa shape index (κ2) is 6.40. The molecular formula is C13H15NO7. The Kier molecular flexibility index (Phi) is 4.59. The Morgan fingerprint density at radius 2 is 2.24 bits per heavy atom. The molecule has 1 N–H and O–H groups in total. The van der Waals surface area contributed by atoms with Crippen LogP contribution in [0.4, 0.5) is 5.69 Å². The number of nitrogens with zero attached hydrogens (tertiary/aromatic N) is 1. The zero-order valence-electron chi connectivity index (χ0n) is 11.4. The van der Waals surface area contributed by atoms with E-state index < -0.39 is 17.0 Å². The SMILES string of the molecule is COc1ccc([N+](=O)[O-])cc1OCC1CCC(C(=O)O)O1. The van der Waals surface area contributed by atoms with Crippen molar-refractivity contribution >= 4 is 11.7 Å². The summed E-state index contributed by atoms with van der Waals surface area (Å²) in [5.74, 6) is -0.395. The normalized spacial score (nSPS) is 21.0. The molecular weight excluding hydrogens is 282 g/mol. The largest absolute Gasteiger partial charge is 0.493 e. The molecule has 2 unspecified atom stereocenters. The Morgan fingerprint density at radius 3 is 2.81 bits per heavy atom. The van der Waals surface area contributed by atoms with Crippen LogP contribution in [0.1, 0.15) is 12.8 Å². The van der Waals surface area contributed by atoms with Crippen LogP contribution in [0.15, 0.2) is 18.2 Å². The molecule has 8 heteroatoms. The van der Waals surface area contributed by atoms with Crippen molar-refractivity contribution in [2.24, 2.45) is 0 Å². The number of ether oxygens (including phenoxy) is 3. The van der Waals surface area contributed by atoms with E-state index in [2.05, 4.69) is 0 Å². The first-order chi connectivity index (χ1) is 10.0. The molecule has 0 aromatic heterocycles. The second-order valence-corrected chi connectivity index (χ2v) is 4.57. The molecule has 2 rings (SSSR count). The summed E-state index contributed by atoms with van der Waals surface area (Å²) < 4.78 is 15.9. The summed E-state index contributed by atoms with van der Waals surface area (Å²) in [6.45, 7) is 0.112. The first-order valence-corrected chi connectivity index (χ1v) is 6.34. The van der Waals surface area contributed by atoms with E-state index in [1.54, 1.807) is 0 Å². The van der Waals surface area contributed by atoms with Crippen LogP contribution in [0.3, 0.4) is 0 Å². The summed E-state index contributed by atoms with van der Waals surface area (Å²) in [5.41, 5.74) is -0.110. The van der Waals surface area contributed by atoms with Crippen molar-refractivity contribution in [3.8, 4) is 11.5 Å². The molecule has 1 aliphatic rings. The van der Waals surface area contributed by atoms with E-state index in [0.717, 1.165) is 0 Å². The minimum atomic E-state index is -0.995. The topological polar surface area (TPSA) is 108 Å². The van der Waals surface area contributed by atoms with Crippen LogP contribution < -0.4 is 9.47 Å². The highest BCUT2D eigenvalue weighted by molar-refractivity contribution is 5.72. The van der Waals surface area contributed by atoms with Gasteiger partial charge in [0.25, 0.3) is 5.69 Å². The zero-order valence-corrected chi connectivity index (χ0v) is 11.4. The van der Waals surface area contributed by atoms with E-state index in [1.165, 1.54) is 25.3 Å². The number of hydrogen-bond acceptors (Lipinski definition) is 6. The van der Waals surface area contributed by atoms with Gasteiger partial charge in [-0.2, -0.15) is 0 Å². The van der Waals surface area contributed by atoms with Gasteiger partial charge in [0.1, 0.15) is 6.61 Å². The molecule has 1 fully saturated rings. The van der Waals surface area contributed by atoms with Crippen molar-refractivity contribution in [2.45, 2.75) is 25.0 Å². The van der Waals surface area contributed by atoms with Gasteiger partial charge < -0.3 is 19.3 Å². The Hall–Kier alpha value is -2.35. The number of carbonyl (C=O) groups is 1. The number of non-ortho nitro benzene ring substituents is 1. The standard InChI is InChI=1S/C13H15NO7/c1-19-10-4-2-8(14(17)18)6-12(10)20-7-9-3-5-11(21-9)13(15)16/h2,4,6,9,11H,3,5,7H2,1H3,(H,15,16). The van der Waals surface area contributed by atoms with Crippen LogP contribution >= 0.6 is 0 Å². The molecule has 114 valence electrons. The first-order valence-electron chi connectivity index (χ1n) is 6.34. The summed E-state index contributed by atoms with van der Waals surface area (Å²) in [6.07, 6.45) is -0.176. The Morgan fingerprint density at radius 1 is 1.48 bits per heavy atom. The van der Waals surface area contributed by atoms with Crippen molar-refractivity contribution in [3.05, 3.63) is 28.3 Å². The molecule has 0 spiro atoms. The first kappa shape index (κ1) is 15.0. The predicted molar refractivity (Wildman–Crippen MR) is 70.7 cm³/mol. The third-order valence-corrected chi connectivity index (χ3v) is 3.17. The fourth-order valence-corrected chi connectivity index (χ4v) is 2.08. The maximum absolute atomic E-state index is 10.8. The summed E-state index contributed by atoms with van der Waals surface area (Å²) in [5, 5.41) is 19.6. The molecule has 1 saturated heterocycles. The van der Waals surface area contributed by atoms with E-state index >= 15 is 0 Å². The van der Waals surface area contributed by atoms with Crippen molar-refractivity contribution in [2.75, 3.05) is 13.7 Å². The van der Waals surface area contributed by atoms with E-state index in [4.69, 9.17) is 19.3 Å². The van der Waals surface area contributed by atoms with Gasteiger partial charge in [-0.05, 0) is 18.9 Å². The quantitative estimate of drug-likeness (QED) is 0.627. The van der Waals surface area contributed by atoms with Gasteiger partial charge in [0.15, 0.2) is 17.6 Å². The number of benzene rings is 1. The van der Waals surface area contributed by atoms with Crippen molar-refractivity contribution in [3.63, 3.8) is 0 Å².